The molecule has 142 valence electrons. The second-order valence-corrected chi connectivity index (χ2v) is 7.18. The quantitative estimate of drug-likeness (QED) is 0.795. The highest BCUT2D eigenvalue weighted by atomic mass is 35.5. The first kappa shape index (κ1) is 19.5. The van der Waals surface area contributed by atoms with Gasteiger partial charge < -0.3 is 14.7 Å². The maximum absolute atomic E-state index is 13.2. The van der Waals surface area contributed by atoms with Crippen LogP contribution in [-0.4, -0.2) is 35.0 Å². The van der Waals surface area contributed by atoms with Crippen molar-refractivity contribution in [2.24, 2.45) is 5.92 Å². The molecule has 1 saturated heterocycles. The Morgan fingerprint density at radius 1 is 1.04 bits per heavy atom. The molecule has 5 nitrogen and oxygen atoms in total. The molecule has 2 aromatic carbocycles. The van der Waals surface area contributed by atoms with E-state index in [-0.39, 0.29) is 10.9 Å². The predicted molar refractivity (Wildman–Crippen MR) is 103 cm³/mol. The SMILES string of the molecule is O=C(O)C1CCN(C(=O)C(Oc2cccc(Cl)c2Cl)c2ccccc2)CC1. The van der Waals surface area contributed by atoms with Gasteiger partial charge in [-0.1, -0.05) is 59.6 Å². The van der Waals surface area contributed by atoms with Gasteiger partial charge in [0.15, 0.2) is 0 Å². The lowest BCUT2D eigenvalue weighted by Gasteiger charge is -2.33. The van der Waals surface area contributed by atoms with Crippen molar-refractivity contribution in [3.63, 3.8) is 0 Å². The van der Waals surface area contributed by atoms with Crippen LogP contribution in [0.15, 0.2) is 48.5 Å². The highest BCUT2D eigenvalue weighted by Gasteiger charge is 2.33. The molecule has 0 aromatic heterocycles. The molecule has 0 radical (unpaired) electrons. The fourth-order valence-corrected chi connectivity index (χ4v) is 3.44. The first-order valence-electron chi connectivity index (χ1n) is 8.64. The normalized spacial score (nSPS) is 16.0. The first-order chi connectivity index (χ1) is 13.0. The Hall–Kier alpha value is -2.24. The zero-order chi connectivity index (χ0) is 19.4. The van der Waals surface area contributed by atoms with Crippen LogP contribution >= 0.6 is 23.2 Å². The van der Waals surface area contributed by atoms with E-state index in [0.29, 0.717) is 42.3 Å². The van der Waals surface area contributed by atoms with Crippen molar-refractivity contribution in [1.82, 2.24) is 4.90 Å². The van der Waals surface area contributed by atoms with E-state index >= 15 is 0 Å². The van der Waals surface area contributed by atoms with E-state index < -0.39 is 18.0 Å². The molecule has 1 atom stereocenters. The molecule has 0 saturated carbocycles. The second-order valence-electron chi connectivity index (χ2n) is 6.40. The second kappa shape index (κ2) is 8.63. The molecular formula is C20H19Cl2NO4. The van der Waals surface area contributed by atoms with E-state index in [2.05, 4.69) is 0 Å². The van der Waals surface area contributed by atoms with E-state index in [4.69, 9.17) is 33.0 Å². The summed E-state index contributed by atoms with van der Waals surface area (Å²) in [6.07, 6.45) is -0.0235. The molecular weight excluding hydrogens is 389 g/mol. The van der Waals surface area contributed by atoms with Crippen LogP contribution in [0.3, 0.4) is 0 Å². The number of hydrogen-bond acceptors (Lipinski definition) is 3. The number of carbonyl (C=O) groups excluding carboxylic acids is 1. The number of halogens is 2. The topological polar surface area (TPSA) is 66.8 Å². The predicted octanol–water partition coefficient (Wildman–Crippen LogP) is 4.44. The van der Waals surface area contributed by atoms with Crippen LogP contribution in [0.1, 0.15) is 24.5 Å². The number of carbonyl (C=O) groups is 2. The molecule has 3 rings (SSSR count). The van der Waals surface area contributed by atoms with Gasteiger partial charge in [0.2, 0.25) is 6.10 Å². The summed E-state index contributed by atoms with van der Waals surface area (Å²) >= 11 is 12.3. The van der Waals surface area contributed by atoms with Gasteiger partial charge in [0, 0.05) is 18.7 Å². The molecule has 27 heavy (non-hydrogen) atoms. The van der Waals surface area contributed by atoms with E-state index in [1.54, 1.807) is 23.1 Å². The van der Waals surface area contributed by atoms with Crippen molar-refractivity contribution in [3.05, 3.63) is 64.1 Å². The fraction of sp³-hybridized carbons (Fsp3) is 0.300. The number of nitrogens with zero attached hydrogens (tertiary/aromatic N) is 1. The Kier molecular flexibility index (Phi) is 6.24. The van der Waals surface area contributed by atoms with E-state index in [1.807, 2.05) is 30.3 Å². The molecule has 1 amide bonds. The molecule has 0 spiro atoms. The van der Waals surface area contributed by atoms with Crippen LogP contribution < -0.4 is 4.74 Å². The van der Waals surface area contributed by atoms with Gasteiger partial charge in [-0.3, -0.25) is 9.59 Å². The minimum absolute atomic E-state index is 0.221. The summed E-state index contributed by atoms with van der Waals surface area (Å²) < 4.78 is 5.98. The van der Waals surface area contributed by atoms with E-state index in [9.17, 15) is 9.59 Å². The standard InChI is InChI=1S/C20H19Cl2NO4/c21-15-7-4-8-16(17(15)22)27-18(13-5-2-1-3-6-13)19(24)23-11-9-14(10-12-23)20(25)26/h1-8,14,18H,9-12H2,(H,25,26). The summed E-state index contributed by atoms with van der Waals surface area (Å²) in [5.41, 5.74) is 0.693. The maximum Gasteiger partial charge on any atom is 0.306 e. The summed E-state index contributed by atoms with van der Waals surface area (Å²) in [6, 6.07) is 14.1. The van der Waals surface area contributed by atoms with E-state index in [0.717, 1.165) is 0 Å². The highest BCUT2D eigenvalue weighted by Crippen LogP contribution is 2.35. The molecule has 1 unspecified atom stereocenters. The van der Waals surface area contributed by atoms with Crippen LogP contribution in [0, 0.1) is 5.92 Å². The van der Waals surface area contributed by atoms with Crippen molar-refractivity contribution in [2.45, 2.75) is 18.9 Å². The van der Waals surface area contributed by atoms with E-state index in [1.165, 1.54) is 0 Å². The molecule has 1 N–H and O–H groups in total. The summed E-state index contributed by atoms with van der Waals surface area (Å²) in [6.45, 7) is 0.761. The Bertz CT molecular complexity index is 820. The number of benzene rings is 2. The molecule has 1 aliphatic heterocycles. The number of likely N-dealkylation sites (tertiary alicyclic amines) is 1. The molecule has 0 bridgehead atoms. The van der Waals surface area contributed by atoms with Crippen molar-refractivity contribution in [1.29, 1.82) is 0 Å². The van der Waals surface area contributed by atoms with Crippen LogP contribution in [0.5, 0.6) is 5.75 Å². The van der Waals surface area contributed by atoms with Gasteiger partial charge in [-0.25, -0.2) is 0 Å². The zero-order valence-electron chi connectivity index (χ0n) is 14.5. The minimum Gasteiger partial charge on any atom is -0.481 e. The zero-order valence-corrected chi connectivity index (χ0v) is 16.0. The average molecular weight is 408 g/mol. The number of ether oxygens (including phenoxy) is 1. The summed E-state index contributed by atoms with van der Waals surface area (Å²) in [5.74, 6) is -1.12. The third-order valence-corrected chi connectivity index (χ3v) is 5.45. The first-order valence-corrected chi connectivity index (χ1v) is 9.40. The summed E-state index contributed by atoms with van der Waals surface area (Å²) in [7, 11) is 0. The van der Waals surface area contributed by atoms with Crippen molar-refractivity contribution in [2.75, 3.05) is 13.1 Å². The molecule has 1 heterocycles. The monoisotopic (exact) mass is 407 g/mol. The summed E-state index contributed by atoms with van der Waals surface area (Å²) in [4.78, 5) is 25.9. The number of rotatable bonds is 5. The highest BCUT2D eigenvalue weighted by molar-refractivity contribution is 6.42. The molecule has 0 aliphatic carbocycles. The Morgan fingerprint density at radius 3 is 2.33 bits per heavy atom. The van der Waals surface area contributed by atoms with Crippen molar-refractivity contribution in [3.8, 4) is 5.75 Å². The van der Waals surface area contributed by atoms with Crippen LogP contribution in [0.2, 0.25) is 10.0 Å². The number of amides is 1. The maximum atomic E-state index is 13.2. The molecule has 7 heteroatoms. The number of carboxylic acids is 1. The Morgan fingerprint density at radius 2 is 1.70 bits per heavy atom. The lowest BCUT2D eigenvalue weighted by atomic mass is 9.96. The lowest BCUT2D eigenvalue weighted by molar-refractivity contribution is -0.148. The lowest BCUT2D eigenvalue weighted by Crippen LogP contribution is -2.43. The number of piperidine rings is 1. The smallest absolute Gasteiger partial charge is 0.306 e. The summed E-state index contributed by atoms with van der Waals surface area (Å²) in [5, 5.41) is 9.74. The molecule has 1 fully saturated rings. The van der Waals surface area contributed by atoms with Crippen LogP contribution in [0.4, 0.5) is 0 Å². The number of carboxylic acid groups (broad SMARTS) is 1. The fourth-order valence-electron chi connectivity index (χ4n) is 3.10. The van der Waals surface area contributed by atoms with Gasteiger partial charge in [0.05, 0.1) is 10.9 Å². The Balaban J connectivity index is 1.83. The number of hydrogen-bond donors (Lipinski definition) is 1. The molecule has 1 aliphatic rings. The van der Waals surface area contributed by atoms with Crippen LogP contribution in [0.25, 0.3) is 0 Å². The Labute approximate surface area is 167 Å². The van der Waals surface area contributed by atoms with Crippen LogP contribution in [-0.2, 0) is 9.59 Å². The largest absolute Gasteiger partial charge is 0.481 e. The third kappa shape index (κ3) is 4.54. The average Bonchev–Trinajstić information content (AvgIpc) is 2.69. The van der Waals surface area contributed by atoms with Crippen molar-refractivity contribution < 1.29 is 19.4 Å². The third-order valence-electron chi connectivity index (χ3n) is 4.64. The van der Waals surface area contributed by atoms with Crippen molar-refractivity contribution >= 4 is 35.1 Å². The minimum atomic E-state index is -0.886. The van der Waals surface area contributed by atoms with Gasteiger partial charge in [-0.15, -0.1) is 0 Å². The molecule has 2 aromatic rings. The van der Waals surface area contributed by atoms with Gasteiger partial charge >= 0.3 is 5.97 Å². The van der Waals surface area contributed by atoms with Gasteiger partial charge in [-0.2, -0.15) is 0 Å². The van der Waals surface area contributed by atoms with Gasteiger partial charge in [0.25, 0.3) is 5.91 Å². The van der Waals surface area contributed by atoms with Gasteiger partial charge in [0.1, 0.15) is 10.8 Å². The number of aliphatic carboxylic acids is 1. The van der Waals surface area contributed by atoms with Gasteiger partial charge in [-0.05, 0) is 25.0 Å².